The predicted molar refractivity (Wildman–Crippen MR) is 100 cm³/mol. The van der Waals surface area contributed by atoms with Crippen molar-refractivity contribution >= 4 is 17.5 Å². The van der Waals surface area contributed by atoms with Gasteiger partial charge in [-0.25, -0.2) is 0 Å². The molecule has 0 unspecified atom stereocenters. The number of aromatic nitrogens is 1. The number of rotatable bonds is 3. The minimum Gasteiger partial charge on any atom is -0.347 e. The van der Waals surface area contributed by atoms with Gasteiger partial charge < -0.3 is 18.9 Å². The van der Waals surface area contributed by atoms with Gasteiger partial charge >= 0.3 is 0 Å². The molecule has 0 saturated carbocycles. The maximum Gasteiger partial charge on any atom is 0.270 e. The first-order valence-electron chi connectivity index (χ1n) is 9.13. The number of aryl methyl sites for hydroxylation is 1. The van der Waals surface area contributed by atoms with Gasteiger partial charge in [0.1, 0.15) is 5.69 Å². The molecule has 6 heteroatoms. The zero-order chi connectivity index (χ0) is 18.1. The van der Waals surface area contributed by atoms with Crippen LogP contribution >= 0.6 is 11.6 Å². The van der Waals surface area contributed by atoms with Gasteiger partial charge in [0.2, 0.25) is 0 Å². The lowest BCUT2D eigenvalue weighted by atomic mass is 10.0. The van der Waals surface area contributed by atoms with Crippen LogP contribution in [0.15, 0.2) is 36.5 Å². The average Bonchev–Trinajstić information content (AvgIpc) is 3.30. The molecule has 1 spiro atoms. The van der Waals surface area contributed by atoms with Crippen molar-refractivity contribution in [3.63, 3.8) is 0 Å². The minimum absolute atomic E-state index is 0.0694. The first kappa shape index (κ1) is 17.6. The Morgan fingerprint density at radius 1 is 1.12 bits per heavy atom. The smallest absolute Gasteiger partial charge is 0.270 e. The van der Waals surface area contributed by atoms with Crippen LogP contribution in [0.3, 0.4) is 0 Å². The summed E-state index contributed by atoms with van der Waals surface area (Å²) < 4.78 is 13.5. The lowest BCUT2D eigenvalue weighted by Gasteiger charge is -2.37. The van der Waals surface area contributed by atoms with Gasteiger partial charge in [-0.15, -0.1) is 0 Å². The highest BCUT2D eigenvalue weighted by atomic mass is 35.5. The molecule has 0 bridgehead atoms. The fourth-order valence-electron chi connectivity index (χ4n) is 3.75. The number of piperidine rings is 1. The van der Waals surface area contributed by atoms with Crippen molar-refractivity contribution in [2.75, 3.05) is 26.3 Å². The molecule has 2 saturated heterocycles. The molecule has 2 aromatic rings. The van der Waals surface area contributed by atoms with Gasteiger partial charge in [-0.05, 0) is 30.7 Å². The highest BCUT2D eigenvalue weighted by Crippen LogP contribution is 2.32. The van der Waals surface area contributed by atoms with Crippen molar-refractivity contribution in [1.29, 1.82) is 0 Å². The van der Waals surface area contributed by atoms with Crippen LogP contribution in [0.2, 0.25) is 5.02 Å². The summed E-state index contributed by atoms with van der Waals surface area (Å²) in [7, 11) is 0. The number of hydrogen-bond acceptors (Lipinski definition) is 3. The van der Waals surface area contributed by atoms with E-state index in [4.69, 9.17) is 21.1 Å². The van der Waals surface area contributed by atoms with Gasteiger partial charge in [0.15, 0.2) is 5.79 Å². The fraction of sp³-hybridized carbons (Fsp3) is 0.450. The lowest BCUT2D eigenvalue weighted by molar-refractivity contribution is -0.181. The van der Waals surface area contributed by atoms with Crippen LogP contribution in [0.25, 0.3) is 11.1 Å². The van der Waals surface area contributed by atoms with E-state index in [1.807, 2.05) is 52.9 Å². The van der Waals surface area contributed by atoms with Crippen molar-refractivity contribution < 1.29 is 14.3 Å². The van der Waals surface area contributed by atoms with Crippen molar-refractivity contribution in [3.8, 4) is 11.1 Å². The number of nitrogens with zero attached hydrogens (tertiary/aromatic N) is 2. The van der Waals surface area contributed by atoms with Crippen molar-refractivity contribution in [2.45, 2.75) is 32.1 Å². The molecule has 4 rings (SSSR count). The average molecular weight is 375 g/mol. The number of hydrogen-bond donors (Lipinski definition) is 0. The Labute approximate surface area is 158 Å². The highest BCUT2D eigenvalue weighted by molar-refractivity contribution is 6.30. The minimum atomic E-state index is -0.460. The fourth-order valence-corrected chi connectivity index (χ4v) is 3.88. The SMILES string of the molecule is CCn1cc(-c2ccc(Cl)cc2)cc1C(=O)N1CCC2(CC1)OCCO2. The van der Waals surface area contributed by atoms with Crippen molar-refractivity contribution in [3.05, 3.63) is 47.2 Å². The predicted octanol–water partition coefficient (Wildman–Crippen LogP) is 3.81. The Morgan fingerprint density at radius 2 is 1.77 bits per heavy atom. The standard InChI is InChI=1S/C20H23ClN2O3/c1-2-22-14-16(15-3-5-17(21)6-4-15)13-18(22)19(24)23-9-7-20(8-10-23)25-11-12-26-20/h3-6,13-14H,2,7-12H2,1H3. The number of carbonyl (C=O) groups excluding carboxylic acids is 1. The number of benzene rings is 1. The number of amides is 1. The maximum atomic E-state index is 13.1. The van der Waals surface area contributed by atoms with Gasteiger partial charge in [-0.3, -0.25) is 4.79 Å². The topological polar surface area (TPSA) is 43.7 Å². The zero-order valence-electron chi connectivity index (χ0n) is 14.9. The Balaban J connectivity index is 1.53. The van der Waals surface area contributed by atoms with Crippen LogP contribution in [-0.2, 0) is 16.0 Å². The molecule has 1 amide bonds. The molecule has 0 radical (unpaired) electrons. The second-order valence-electron chi connectivity index (χ2n) is 6.81. The van der Waals surface area contributed by atoms with Crippen LogP contribution in [0, 0.1) is 0 Å². The number of likely N-dealkylation sites (tertiary alicyclic amines) is 1. The quantitative estimate of drug-likeness (QED) is 0.820. The van der Waals surface area contributed by atoms with Crippen molar-refractivity contribution in [1.82, 2.24) is 9.47 Å². The Bertz CT molecular complexity index is 784. The molecule has 2 aliphatic heterocycles. The summed E-state index contributed by atoms with van der Waals surface area (Å²) in [5.74, 6) is -0.391. The summed E-state index contributed by atoms with van der Waals surface area (Å²) in [6.07, 6.45) is 3.50. The highest BCUT2D eigenvalue weighted by Gasteiger charge is 2.41. The van der Waals surface area contributed by atoms with Gasteiger partial charge in [0, 0.05) is 49.3 Å². The molecular weight excluding hydrogens is 352 g/mol. The first-order valence-corrected chi connectivity index (χ1v) is 9.51. The Morgan fingerprint density at radius 3 is 2.38 bits per heavy atom. The van der Waals surface area contributed by atoms with Crippen LogP contribution in [-0.4, -0.2) is 47.5 Å². The van der Waals surface area contributed by atoms with E-state index in [0.717, 1.165) is 36.2 Å². The second kappa shape index (κ2) is 7.06. The van der Waals surface area contributed by atoms with Gasteiger partial charge in [0.05, 0.1) is 13.2 Å². The van der Waals surface area contributed by atoms with Crippen LogP contribution in [0.5, 0.6) is 0 Å². The molecule has 1 aromatic heterocycles. The van der Waals surface area contributed by atoms with Crippen LogP contribution in [0.4, 0.5) is 0 Å². The van der Waals surface area contributed by atoms with Crippen LogP contribution < -0.4 is 0 Å². The summed E-state index contributed by atoms with van der Waals surface area (Å²) in [6, 6.07) is 9.67. The van der Waals surface area contributed by atoms with Crippen LogP contribution in [0.1, 0.15) is 30.3 Å². The van der Waals surface area contributed by atoms with Crippen molar-refractivity contribution in [2.24, 2.45) is 0 Å². The third-order valence-corrected chi connectivity index (χ3v) is 5.51. The summed E-state index contributed by atoms with van der Waals surface area (Å²) in [4.78, 5) is 15.0. The van der Waals surface area contributed by atoms with Gasteiger partial charge in [-0.2, -0.15) is 0 Å². The molecule has 2 aliphatic rings. The molecular formula is C20H23ClN2O3. The number of carbonyl (C=O) groups is 1. The summed E-state index contributed by atoms with van der Waals surface area (Å²) in [5, 5.41) is 0.707. The molecule has 1 aromatic carbocycles. The molecule has 3 heterocycles. The normalized spacial score (nSPS) is 19.2. The molecule has 26 heavy (non-hydrogen) atoms. The third-order valence-electron chi connectivity index (χ3n) is 5.26. The summed E-state index contributed by atoms with van der Waals surface area (Å²) in [5.41, 5.74) is 2.81. The molecule has 138 valence electrons. The summed E-state index contributed by atoms with van der Waals surface area (Å²) >= 11 is 5.98. The van der Waals surface area contributed by atoms with E-state index in [1.54, 1.807) is 0 Å². The second-order valence-corrected chi connectivity index (χ2v) is 7.24. The molecule has 0 N–H and O–H groups in total. The van der Waals surface area contributed by atoms with E-state index >= 15 is 0 Å². The van der Waals surface area contributed by atoms with Gasteiger partial charge in [0.25, 0.3) is 5.91 Å². The van der Waals surface area contributed by atoms with E-state index in [2.05, 4.69) is 0 Å². The van der Waals surface area contributed by atoms with E-state index in [9.17, 15) is 4.79 Å². The third kappa shape index (κ3) is 3.27. The van der Waals surface area contributed by atoms with E-state index in [1.165, 1.54) is 0 Å². The largest absolute Gasteiger partial charge is 0.347 e. The number of ether oxygens (including phenoxy) is 2. The number of halogens is 1. The molecule has 2 fully saturated rings. The Hall–Kier alpha value is -1.82. The molecule has 0 aliphatic carbocycles. The first-order chi connectivity index (χ1) is 12.6. The summed E-state index contributed by atoms with van der Waals surface area (Å²) in [6.45, 7) is 5.41. The van der Waals surface area contributed by atoms with E-state index in [0.29, 0.717) is 31.3 Å². The lowest BCUT2D eigenvalue weighted by Crippen LogP contribution is -2.47. The molecule has 5 nitrogen and oxygen atoms in total. The van der Waals surface area contributed by atoms with Gasteiger partial charge in [-0.1, -0.05) is 23.7 Å². The Kier molecular flexibility index (Phi) is 4.78. The maximum absolute atomic E-state index is 13.1. The van der Waals surface area contributed by atoms with E-state index < -0.39 is 5.79 Å². The van der Waals surface area contributed by atoms with E-state index in [-0.39, 0.29) is 5.91 Å². The zero-order valence-corrected chi connectivity index (χ0v) is 15.7. The monoisotopic (exact) mass is 374 g/mol. The molecule has 0 atom stereocenters.